The van der Waals surface area contributed by atoms with Crippen molar-refractivity contribution >= 4 is 11.7 Å². The summed E-state index contributed by atoms with van der Waals surface area (Å²) in [5.74, 6) is 6.49. The number of hydrogen-bond acceptors (Lipinski definition) is 5. The molecule has 0 fully saturated rings. The summed E-state index contributed by atoms with van der Waals surface area (Å²) in [6.45, 7) is 4.33. The van der Waals surface area contributed by atoms with E-state index in [2.05, 4.69) is 21.8 Å². The van der Waals surface area contributed by atoms with Gasteiger partial charge in [-0.3, -0.25) is 4.79 Å². The van der Waals surface area contributed by atoms with Crippen molar-refractivity contribution in [2.75, 3.05) is 19.3 Å². The van der Waals surface area contributed by atoms with Crippen LogP contribution in [-0.2, 0) is 0 Å². The van der Waals surface area contributed by atoms with E-state index >= 15 is 0 Å². The number of hydrogen-bond donors (Lipinski definition) is 1. The molecule has 0 bridgehead atoms. The number of nitrogens with two attached hydrogens (primary N) is 1. The van der Waals surface area contributed by atoms with Crippen LogP contribution in [0.5, 0.6) is 5.88 Å². The summed E-state index contributed by atoms with van der Waals surface area (Å²) in [7, 11) is 1.75. The topological polar surface area (TPSA) is 81.3 Å². The monoisotopic (exact) mass is 322 g/mol. The number of pyridine rings is 2. The Balaban J connectivity index is 1.97. The molecule has 0 atom stereocenters. The van der Waals surface area contributed by atoms with E-state index in [0.717, 1.165) is 0 Å². The van der Waals surface area contributed by atoms with Crippen LogP contribution >= 0.6 is 0 Å². The van der Waals surface area contributed by atoms with Crippen LogP contribution in [0.4, 0.5) is 5.82 Å². The number of amides is 1. The van der Waals surface area contributed by atoms with Gasteiger partial charge in [0.15, 0.2) is 0 Å². The van der Waals surface area contributed by atoms with Gasteiger partial charge in [0.05, 0.1) is 6.54 Å². The largest absolute Gasteiger partial charge is 0.469 e. The summed E-state index contributed by atoms with van der Waals surface area (Å²) >= 11 is 0. The molecule has 0 saturated carbocycles. The molecule has 0 unspecified atom stereocenters. The Hall–Kier alpha value is -3.07. The van der Waals surface area contributed by atoms with Gasteiger partial charge in [0, 0.05) is 18.8 Å². The van der Waals surface area contributed by atoms with Crippen molar-refractivity contribution in [2.24, 2.45) is 0 Å². The van der Waals surface area contributed by atoms with Crippen LogP contribution in [-0.4, -0.2) is 40.0 Å². The molecular weight excluding hydrogens is 304 g/mol. The van der Waals surface area contributed by atoms with Crippen LogP contribution in [0.15, 0.2) is 30.5 Å². The third-order valence-corrected chi connectivity index (χ3v) is 3.52. The van der Waals surface area contributed by atoms with Crippen molar-refractivity contribution in [3.05, 3.63) is 47.3 Å². The number of carbonyl (C=O) groups is 1. The highest BCUT2D eigenvalue weighted by Gasteiger charge is 2.32. The lowest BCUT2D eigenvalue weighted by molar-refractivity contribution is 0.0595. The first-order valence-electron chi connectivity index (χ1n) is 7.53. The van der Waals surface area contributed by atoms with Crippen molar-refractivity contribution in [3.63, 3.8) is 0 Å². The molecule has 2 aromatic heterocycles. The molecule has 1 amide bonds. The Bertz CT molecular complexity index is 865. The Morgan fingerprint density at radius 2 is 2.12 bits per heavy atom. The first-order chi connectivity index (χ1) is 11.3. The third kappa shape index (κ3) is 3.30. The summed E-state index contributed by atoms with van der Waals surface area (Å²) in [5.41, 5.74) is 6.73. The molecule has 0 aliphatic carbocycles. The van der Waals surface area contributed by atoms with Crippen LogP contribution < -0.4 is 10.5 Å². The molecule has 122 valence electrons. The lowest BCUT2D eigenvalue weighted by Crippen LogP contribution is -2.40. The highest BCUT2D eigenvalue weighted by atomic mass is 16.5. The van der Waals surface area contributed by atoms with E-state index in [4.69, 9.17) is 10.5 Å². The molecular formula is C18H18N4O2. The minimum Gasteiger partial charge on any atom is -0.469 e. The molecule has 2 aromatic rings. The standard InChI is InChI=1S/C18H18N4O2/c1-18(2)11-22(3)17(23)14-9-12(10-20-16(14)24-18)7-8-13-5-4-6-15(19)21-13/h4-6,9-10H,11H2,1-3H3,(H2,19,21). The number of nitrogen functional groups attached to an aromatic ring is 1. The summed E-state index contributed by atoms with van der Waals surface area (Å²) < 4.78 is 5.87. The molecule has 0 radical (unpaired) electrons. The van der Waals surface area contributed by atoms with E-state index in [1.807, 2.05) is 13.8 Å². The smallest absolute Gasteiger partial charge is 0.259 e. The van der Waals surface area contributed by atoms with Gasteiger partial charge in [-0.2, -0.15) is 0 Å². The predicted octanol–water partition coefficient (Wildman–Crippen LogP) is 1.70. The van der Waals surface area contributed by atoms with E-state index < -0.39 is 5.60 Å². The van der Waals surface area contributed by atoms with E-state index in [9.17, 15) is 4.79 Å². The number of aromatic nitrogens is 2. The van der Waals surface area contributed by atoms with Gasteiger partial charge >= 0.3 is 0 Å². The van der Waals surface area contributed by atoms with E-state index in [1.54, 1.807) is 42.4 Å². The Kier molecular flexibility index (Phi) is 3.86. The normalized spacial score (nSPS) is 15.6. The molecule has 1 aliphatic rings. The maximum Gasteiger partial charge on any atom is 0.259 e. The van der Waals surface area contributed by atoms with E-state index in [-0.39, 0.29) is 5.91 Å². The zero-order valence-electron chi connectivity index (χ0n) is 13.8. The average Bonchev–Trinajstić information content (AvgIpc) is 2.60. The van der Waals surface area contributed by atoms with Gasteiger partial charge in [0.25, 0.3) is 5.91 Å². The molecule has 0 spiro atoms. The van der Waals surface area contributed by atoms with Crippen molar-refractivity contribution in [2.45, 2.75) is 19.4 Å². The maximum absolute atomic E-state index is 12.5. The molecule has 24 heavy (non-hydrogen) atoms. The lowest BCUT2D eigenvalue weighted by Gasteiger charge is -2.26. The summed E-state index contributed by atoms with van der Waals surface area (Å²) in [6.07, 6.45) is 1.59. The molecule has 6 nitrogen and oxygen atoms in total. The summed E-state index contributed by atoms with van der Waals surface area (Å²) in [4.78, 5) is 22.5. The second kappa shape index (κ2) is 5.85. The number of anilines is 1. The lowest BCUT2D eigenvalue weighted by atomic mass is 10.1. The number of fused-ring (bicyclic) bond motifs is 1. The third-order valence-electron chi connectivity index (χ3n) is 3.52. The molecule has 1 aliphatic heterocycles. The second-order valence-electron chi connectivity index (χ2n) is 6.30. The van der Waals surface area contributed by atoms with Gasteiger partial charge in [-0.15, -0.1) is 0 Å². The molecule has 6 heteroatoms. The van der Waals surface area contributed by atoms with Crippen LogP contribution in [0.2, 0.25) is 0 Å². The van der Waals surface area contributed by atoms with Crippen LogP contribution in [0.25, 0.3) is 0 Å². The first-order valence-corrected chi connectivity index (χ1v) is 7.53. The summed E-state index contributed by atoms with van der Waals surface area (Å²) in [5, 5.41) is 0. The maximum atomic E-state index is 12.5. The van der Waals surface area contributed by atoms with Crippen molar-refractivity contribution in [1.82, 2.24) is 14.9 Å². The number of carbonyl (C=O) groups excluding carboxylic acids is 1. The fraction of sp³-hybridized carbons (Fsp3) is 0.278. The number of rotatable bonds is 0. The van der Waals surface area contributed by atoms with Gasteiger partial charge in [0.1, 0.15) is 22.7 Å². The van der Waals surface area contributed by atoms with Gasteiger partial charge in [-0.25, -0.2) is 9.97 Å². The fourth-order valence-corrected chi connectivity index (χ4v) is 2.55. The molecule has 3 heterocycles. The van der Waals surface area contributed by atoms with Gasteiger partial charge in [-0.05, 0) is 38.0 Å². The zero-order chi connectivity index (χ0) is 17.3. The molecule has 2 N–H and O–H groups in total. The summed E-state index contributed by atoms with van der Waals surface area (Å²) in [6, 6.07) is 6.95. The second-order valence-corrected chi connectivity index (χ2v) is 6.30. The van der Waals surface area contributed by atoms with Crippen molar-refractivity contribution in [3.8, 4) is 17.7 Å². The predicted molar refractivity (Wildman–Crippen MR) is 90.5 cm³/mol. The fourth-order valence-electron chi connectivity index (χ4n) is 2.55. The first kappa shape index (κ1) is 15.8. The van der Waals surface area contributed by atoms with Crippen molar-refractivity contribution < 1.29 is 9.53 Å². The SMILES string of the molecule is CN1CC(C)(C)Oc2ncc(C#Cc3cccc(N)n3)cc2C1=O. The van der Waals surface area contributed by atoms with Crippen LogP contribution in [0.3, 0.4) is 0 Å². The highest BCUT2D eigenvalue weighted by Crippen LogP contribution is 2.27. The van der Waals surface area contributed by atoms with Gasteiger partial charge < -0.3 is 15.4 Å². The van der Waals surface area contributed by atoms with Crippen LogP contribution in [0.1, 0.15) is 35.5 Å². The minimum atomic E-state index is -0.499. The highest BCUT2D eigenvalue weighted by molar-refractivity contribution is 5.97. The van der Waals surface area contributed by atoms with Crippen molar-refractivity contribution in [1.29, 1.82) is 0 Å². The molecule has 0 aromatic carbocycles. The van der Waals surface area contributed by atoms with Gasteiger partial charge in [0.2, 0.25) is 5.88 Å². The van der Waals surface area contributed by atoms with Gasteiger partial charge in [-0.1, -0.05) is 12.0 Å². The zero-order valence-corrected chi connectivity index (χ0v) is 13.8. The van der Waals surface area contributed by atoms with E-state index in [0.29, 0.717) is 35.1 Å². The average molecular weight is 322 g/mol. The quantitative estimate of drug-likeness (QED) is 0.747. The number of ether oxygens (including phenoxy) is 1. The number of nitrogens with zero attached hydrogens (tertiary/aromatic N) is 3. The molecule has 0 saturated heterocycles. The Morgan fingerprint density at radius 1 is 1.33 bits per heavy atom. The minimum absolute atomic E-state index is 0.131. The molecule has 3 rings (SSSR count). The Morgan fingerprint density at radius 3 is 2.88 bits per heavy atom. The Labute approximate surface area is 140 Å². The van der Waals surface area contributed by atoms with E-state index in [1.165, 1.54) is 0 Å². The van der Waals surface area contributed by atoms with Crippen LogP contribution in [0, 0.1) is 11.8 Å². The number of likely N-dealkylation sites (N-methyl/N-ethyl adjacent to an activating group) is 1.